The van der Waals surface area contributed by atoms with E-state index < -0.39 is 11.2 Å². The Hall–Kier alpha value is -2.68. The Morgan fingerprint density at radius 1 is 1.29 bits per heavy atom. The molecule has 3 N–H and O–H groups in total. The van der Waals surface area contributed by atoms with Crippen LogP contribution in [0.4, 0.5) is 0 Å². The van der Waals surface area contributed by atoms with Gasteiger partial charge in [0, 0.05) is 37.8 Å². The third-order valence-electron chi connectivity index (χ3n) is 3.93. The van der Waals surface area contributed by atoms with Gasteiger partial charge in [-0.2, -0.15) is 5.10 Å². The van der Waals surface area contributed by atoms with E-state index in [4.69, 9.17) is 0 Å². The lowest BCUT2D eigenvalue weighted by molar-refractivity contribution is -0.120. The number of aromatic amines is 2. The minimum absolute atomic E-state index is 0.000789. The van der Waals surface area contributed by atoms with Crippen molar-refractivity contribution in [2.45, 2.75) is 39.5 Å². The second kappa shape index (κ2) is 6.83. The van der Waals surface area contributed by atoms with Gasteiger partial charge in [0.2, 0.25) is 5.91 Å². The molecule has 9 nitrogen and oxygen atoms in total. The van der Waals surface area contributed by atoms with Gasteiger partial charge in [0.15, 0.2) is 0 Å². The van der Waals surface area contributed by atoms with Crippen molar-refractivity contribution in [2.75, 3.05) is 6.54 Å². The first-order valence-corrected chi connectivity index (χ1v) is 7.90. The molecule has 0 unspecified atom stereocenters. The molecule has 1 aliphatic rings. The molecule has 0 bridgehead atoms. The number of amides is 1. The van der Waals surface area contributed by atoms with E-state index in [-0.39, 0.29) is 5.91 Å². The maximum atomic E-state index is 11.4. The molecule has 0 aromatic carbocycles. The van der Waals surface area contributed by atoms with Crippen molar-refractivity contribution in [3.63, 3.8) is 0 Å². The molecule has 9 heteroatoms. The van der Waals surface area contributed by atoms with Crippen LogP contribution in [0.3, 0.4) is 0 Å². The van der Waals surface area contributed by atoms with Crippen LogP contribution in [0.2, 0.25) is 0 Å². The molecule has 0 saturated carbocycles. The number of carbonyl (C=O) groups is 1. The lowest BCUT2D eigenvalue weighted by atomic mass is 10.2. The van der Waals surface area contributed by atoms with Gasteiger partial charge < -0.3 is 10.3 Å². The van der Waals surface area contributed by atoms with Crippen LogP contribution in [0.15, 0.2) is 21.7 Å². The van der Waals surface area contributed by atoms with E-state index in [0.717, 1.165) is 24.5 Å². The smallest absolute Gasteiger partial charge is 0.325 e. The minimum atomic E-state index is -0.492. The molecule has 1 amide bonds. The average Bonchev–Trinajstić information content (AvgIpc) is 2.93. The van der Waals surface area contributed by atoms with E-state index in [0.29, 0.717) is 31.7 Å². The fourth-order valence-corrected chi connectivity index (χ4v) is 2.76. The lowest BCUT2D eigenvalue weighted by Gasteiger charge is -2.27. The summed E-state index contributed by atoms with van der Waals surface area (Å²) < 4.78 is 1.93. The molecule has 0 fully saturated rings. The van der Waals surface area contributed by atoms with E-state index in [2.05, 4.69) is 25.3 Å². The van der Waals surface area contributed by atoms with Crippen LogP contribution in [0.25, 0.3) is 0 Å². The number of H-pyrrole nitrogens is 2. The number of aromatic nitrogens is 4. The van der Waals surface area contributed by atoms with E-state index in [9.17, 15) is 14.4 Å². The standard InChI is InChI=1S/C15H20N6O3/c1-2-13(22)16-7-10-5-12-9-20(3-4-21(12)19-10)8-11-6-14(23)18-15(24)17-11/h5-6H,2-4,7-9H2,1H3,(H,16,22)(H2,17,18,23,24). The SMILES string of the molecule is CCC(=O)NCc1cc2n(n1)CCN(Cc1cc(=O)[nH]c(=O)[nH]1)C2. The largest absolute Gasteiger partial charge is 0.350 e. The highest BCUT2D eigenvalue weighted by Crippen LogP contribution is 2.15. The number of fused-ring (bicyclic) bond motifs is 1. The van der Waals surface area contributed by atoms with Gasteiger partial charge in [-0.3, -0.25) is 24.2 Å². The quantitative estimate of drug-likeness (QED) is 0.670. The zero-order valence-corrected chi connectivity index (χ0v) is 13.5. The van der Waals surface area contributed by atoms with Crippen molar-refractivity contribution in [1.82, 2.24) is 30.0 Å². The number of hydrogen-bond donors (Lipinski definition) is 3. The molecule has 1 aliphatic heterocycles. The predicted octanol–water partition coefficient (Wildman–Crippen LogP) is -0.698. The molecule has 24 heavy (non-hydrogen) atoms. The van der Waals surface area contributed by atoms with E-state index >= 15 is 0 Å². The van der Waals surface area contributed by atoms with Crippen LogP contribution >= 0.6 is 0 Å². The molecule has 0 saturated heterocycles. The van der Waals surface area contributed by atoms with Crippen LogP contribution < -0.4 is 16.6 Å². The van der Waals surface area contributed by atoms with Gasteiger partial charge in [0.1, 0.15) is 0 Å². The molecular formula is C15H20N6O3. The van der Waals surface area contributed by atoms with Crippen molar-refractivity contribution in [3.8, 4) is 0 Å². The van der Waals surface area contributed by atoms with Gasteiger partial charge in [0.25, 0.3) is 5.56 Å². The maximum absolute atomic E-state index is 11.4. The molecule has 0 radical (unpaired) electrons. The molecular weight excluding hydrogens is 312 g/mol. The van der Waals surface area contributed by atoms with Crippen molar-refractivity contribution in [1.29, 1.82) is 0 Å². The first-order valence-electron chi connectivity index (χ1n) is 7.90. The first kappa shape index (κ1) is 16.2. The summed E-state index contributed by atoms with van der Waals surface area (Å²) in [4.78, 5) is 41.0. The average molecular weight is 332 g/mol. The fraction of sp³-hybridized carbons (Fsp3) is 0.467. The van der Waals surface area contributed by atoms with Gasteiger partial charge in [-0.25, -0.2) is 4.79 Å². The summed E-state index contributed by atoms with van der Waals surface area (Å²) in [6, 6.07) is 3.38. The molecule has 3 heterocycles. The number of nitrogens with zero attached hydrogens (tertiary/aromatic N) is 3. The first-order chi connectivity index (χ1) is 11.5. The van der Waals surface area contributed by atoms with Crippen LogP contribution in [-0.2, 0) is 31.0 Å². The Labute approximate surface area is 137 Å². The highest BCUT2D eigenvalue weighted by Gasteiger charge is 2.19. The predicted molar refractivity (Wildman–Crippen MR) is 86.2 cm³/mol. The van der Waals surface area contributed by atoms with Gasteiger partial charge in [-0.15, -0.1) is 0 Å². The van der Waals surface area contributed by atoms with Crippen molar-refractivity contribution in [3.05, 3.63) is 50.1 Å². The van der Waals surface area contributed by atoms with Gasteiger partial charge in [0.05, 0.1) is 24.5 Å². The molecule has 0 spiro atoms. The summed E-state index contributed by atoms with van der Waals surface area (Å²) in [6.07, 6.45) is 0.454. The monoisotopic (exact) mass is 332 g/mol. The van der Waals surface area contributed by atoms with Crippen LogP contribution in [-0.4, -0.2) is 37.1 Å². The molecule has 2 aromatic heterocycles. The van der Waals surface area contributed by atoms with Crippen molar-refractivity contribution >= 4 is 5.91 Å². The Kier molecular flexibility index (Phi) is 4.61. The maximum Gasteiger partial charge on any atom is 0.325 e. The number of nitrogens with one attached hydrogen (secondary N) is 3. The number of rotatable bonds is 5. The van der Waals surface area contributed by atoms with Crippen molar-refractivity contribution < 1.29 is 4.79 Å². The van der Waals surface area contributed by atoms with E-state index in [1.165, 1.54) is 6.07 Å². The van der Waals surface area contributed by atoms with Crippen molar-refractivity contribution in [2.24, 2.45) is 0 Å². The molecule has 0 aliphatic carbocycles. The zero-order chi connectivity index (χ0) is 17.1. The second-order valence-electron chi connectivity index (χ2n) is 5.80. The Morgan fingerprint density at radius 3 is 2.88 bits per heavy atom. The Bertz CT molecular complexity index is 821. The summed E-state index contributed by atoms with van der Waals surface area (Å²) in [7, 11) is 0. The Morgan fingerprint density at radius 2 is 2.12 bits per heavy atom. The summed E-state index contributed by atoms with van der Waals surface area (Å²) in [5.41, 5.74) is 1.58. The minimum Gasteiger partial charge on any atom is -0.350 e. The van der Waals surface area contributed by atoms with Gasteiger partial charge in [-0.05, 0) is 6.07 Å². The molecule has 0 atom stereocenters. The zero-order valence-electron chi connectivity index (χ0n) is 13.5. The lowest BCUT2D eigenvalue weighted by Crippen LogP contribution is -2.35. The fourth-order valence-electron chi connectivity index (χ4n) is 2.76. The van der Waals surface area contributed by atoms with Crippen LogP contribution in [0.1, 0.15) is 30.4 Å². The van der Waals surface area contributed by atoms with Gasteiger partial charge in [-0.1, -0.05) is 6.92 Å². The van der Waals surface area contributed by atoms with Gasteiger partial charge >= 0.3 is 5.69 Å². The third-order valence-corrected chi connectivity index (χ3v) is 3.93. The number of carbonyl (C=O) groups excluding carboxylic acids is 1. The summed E-state index contributed by atoms with van der Waals surface area (Å²) in [6.45, 7) is 4.89. The summed E-state index contributed by atoms with van der Waals surface area (Å²) >= 11 is 0. The highest BCUT2D eigenvalue weighted by molar-refractivity contribution is 5.75. The molecule has 2 aromatic rings. The highest BCUT2D eigenvalue weighted by atomic mass is 16.2. The number of hydrogen-bond acceptors (Lipinski definition) is 5. The third kappa shape index (κ3) is 3.80. The molecule has 3 rings (SSSR count). The topological polar surface area (TPSA) is 116 Å². The molecule has 128 valence electrons. The second-order valence-corrected chi connectivity index (χ2v) is 5.80. The summed E-state index contributed by atoms with van der Waals surface area (Å²) in [5.74, 6) is 0.000789. The van der Waals surface area contributed by atoms with Crippen LogP contribution in [0, 0.1) is 0 Å². The summed E-state index contributed by atoms with van der Waals surface area (Å²) in [5, 5.41) is 7.30. The van der Waals surface area contributed by atoms with E-state index in [1.807, 2.05) is 17.7 Å². The normalized spacial score (nSPS) is 14.4. The van der Waals surface area contributed by atoms with E-state index in [1.54, 1.807) is 0 Å². The Balaban J connectivity index is 1.65. The van der Waals surface area contributed by atoms with Crippen LogP contribution in [0.5, 0.6) is 0 Å².